The Balaban J connectivity index is 2.35. The summed E-state index contributed by atoms with van der Waals surface area (Å²) in [6, 6.07) is 8.22. The molecule has 1 heterocycles. The number of aryl methyl sites for hydroxylation is 1. The van der Waals surface area contributed by atoms with E-state index in [1.807, 2.05) is 13.8 Å². The number of nitrogens with zero attached hydrogens (tertiary/aromatic N) is 2. The Morgan fingerprint density at radius 2 is 2.14 bits per heavy atom. The third-order valence-electron chi connectivity index (χ3n) is 3.13. The maximum atomic E-state index is 11.1. The highest BCUT2D eigenvalue weighted by Crippen LogP contribution is 2.32. The lowest BCUT2D eigenvalue weighted by atomic mass is 10.1. The van der Waals surface area contributed by atoms with Crippen LogP contribution in [0, 0.1) is 10.1 Å². The second-order valence-electron chi connectivity index (χ2n) is 4.73. The van der Waals surface area contributed by atoms with Crippen LogP contribution < -0.4 is 10.5 Å². The van der Waals surface area contributed by atoms with Crippen molar-refractivity contribution in [1.82, 2.24) is 4.98 Å². The second kappa shape index (κ2) is 6.32. The molecule has 21 heavy (non-hydrogen) atoms. The quantitative estimate of drug-likeness (QED) is 0.672. The molecule has 0 aliphatic rings. The fraction of sp³-hybridized carbons (Fsp3) is 0.267. The molecule has 0 spiro atoms. The second-order valence-corrected chi connectivity index (χ2v) is 4.73. The minimum atomic E-state index is -0.454. The zero-order valence-electron chi connectivity index (χ0n) is 11.9. The molecule has 0 amide bonds. The number of hydrogen-bond donors (Lipinski definition) is 1. The van der Waals surface area contributed by atoms with Gasteiger partial charge in [-0.1, -0.05) is 13.0 Å². The van der Waals surface area contributed by atoms with Gasteiger partial charge in [0, 0.05) is 24.4 Å². The van der Waals surface area contributed by atoms with Gasteiger partial charge in [0.05, 0.1) is 4.92 Å². The number of aromatic nitrogens is 1. The van der Waals surface area contributed by atoms with E-state index in [1.54, 1.807) is 30.5 Å². The Morgan fingerprint density at radius 3 is 2.76 bits per heavy atom. The molecule has 1 aromatic heterocycles. The molecular formula is C15H17N3O3. The Hall–Kier alpha value is -2.47. The van der Waals surface area contributed by atoms with Crippen molar-refractivity contribution in [2.75, 3.05) is 0 Å². The molecule has 0 saturated heterocycles. The van der Waals surface area contributed by atoms with Crippen LogP contribution in [0.5, 0.6) is 11.6 Å². The van der Waals surface area contributed by atoms with Gasteiger partial charge in [-0.15, -0.1) is 0 Å². The van der Waals surface area contributed by atoms with E-state index in [4.69, 9.17) is 10.5 Å². The van der Waals surface area contributed by atoms with Crippen LogP contribution in [0.15, 0.2) is 36.5 Å². The van der Waals surface area contributed by atoms with Gasteiger partial charge in [0.2, 0.25) is 11.6 Å². The summed E-state index contributed by atoms with van der Waals surface area (Å²) in [4.78, 5) is 14.7. The van der Waals surface area contributed by atoms with E-state index in [0.29, 0.717) is 0 Å². The van der Waals surface area contributed by atoms with Crippen LogP contribution in [-0.2, 0) is 6.42 Å². The molecule has 6 nitrogen and oxygen atoms in total. The third-order valence-corrected chi connectivity index (χ3v) is 3.13. The molecule has 0 aliphatic carbocycles. The molecule has 0 fully saturated rings. The molecular weight excluding hydrogens is 270 g/mol. The summed E-state index contributed by atoms with van der Waals surface area (Å²) >= 11 is 0. The first kappa shape index (κ1) is 14.9. The maximum Gasteiger partial charge on any atom is 0.311 e. The van der Waals surface area contributed by atoms with E-state index >= 15 is 0 Å². The molecule has 0 unspecified atom stereocenters. The number of nitro groups is 1. The van der Waals surface area contributed by atoms with Crippen LogP contribution in [-0.4, -0.2) is 9.91 Å². The van der Waals surface area contributed by atoms with Gasteiger partial charge < -0.3 is 10.5 Å². The number of ether oxygens (including phenoxy) is 1. The van der Waals surface area contributed by atoms with Crippen molar-refractivity contribution >= 4 is 5.69 Å². The number of nitrogens with two attached hydrogens (primary N) is 1. The molecule has 0 aliphatic heterocycles. The van der Waals surface area contributed by atoms with Crippen molar-refractivity contribution in [2.24, 2.45) is 5.73 Å². The molecule has 2 rings (SSSR count). The molecule has 2 aromatic rings. The van der Waals surface area contributed by atoms with Gasteiger partial charge in [-0.05, 0) is 36.6 Å². The van der Waals surface area contributed by atoms with Crippen molar-refractivity contribution < 1.29 is 9.66 Å². The van der Waals surface area contributed by atoms with Crippen molar-refractivity contribution in [2.45, 2.75) is 26.3 Å². The highest BCUT2D eigenvalue weighted by atomic mass is 16.6. The van der Waals surface area contributed by atoms with Crippen molar-refractivity contribution in [3.05, 3.63) is 57.8 Å². The first-order valence-electron chi connectivity index (χ1n) is 6.68. The lowest BCUT2D eigenvalue weighted by Gasteiger charge is -2.09. The summed E-state index contributed by atoms with van der Waals surface area (Å²) in [5.41, 5.74) is 7.47. The number of benzene rings is 1. The van der Waals surface area contributed by atoms with Crippen LogP contribution in [0.4, 0.5) is 5.69 Å². The van der Waals surface area contributed by atoms with E-state index in [1.165, 1.54) is 6.07 Å². The average Bonchev–Trinajstić information content (AvgIpc) is 2.47. The van der Waals surface area contributed by atoms with Crippen molar-refractivity contribution in [3.8, 4) is 11.6 Å². The average molecular weight is 287 g/mol. The summed E-state index contributed by atoms with van der Waals surface area (Å²) in [6.07, 6.45) is 2.29. The van der Waals surface area contributed by atoms with Gasteiger partial charge in [0.1, 0.15) is 0 Å². The van der Waals surface area contributed by atoms with Crippen LogP contribution >= 0.6 is 0 Å². The molecule has 0 bridgehead atoms. The smallest absolute Gasteiger partial charge is 0.311 e. The summed E-state index contributed by atoms with van der Waals surface area (Å²) in [5.74, 6) is 0.462. The molecule has 110 valence electrons. The van der Waals surface area contributed by atoms with Gasteiger partial charge in [0.25, 0.3) is 0 Å². The monoisotopic (exact) mass is 287 g/mol. The molecule has 0 radical (unpaired) electrons. The summed E-state index contributed by atoms with van der Waals surface area (Å²) < 4.78 is 5.55. The van der Waals surface area contributed by atoms with Gasteiger partial charge >= 0.3 is 5.69 Å². The van der Waals surface area contributed by atoms with Crippen molar-refractivity contribution in [3.63, 3.8) is 0 Å². The highest BCUT2D eigenvalue weighted by Gasteiger charge is 2.17. The summed E-state index contributed by atoms with van der Waals surface area (Å²) in [7, 11) is 0. The van der Waals surface area contributed by atoms with Gasteiger partial charge in [-0.25, -0.2) is 4.98 Å². The Morgan fingerprint density at radius 1 is 1.38 bits per heavy atom. The maximum absolute atomic E-state index is 11.1. The van der Waals surface area contributed by atoms with Gasteiger partial charge in [0.15, 0.2) is 0 Å². The minimum absolute atomic E-state index is 0.0673. The van der Waals surface area contributed by atoms with Gasteiger partial charge in [-0.2, -0.15) is 0 Å². The Kier molecular flexibility index (Phi) is 4.49. The van der Waals surface area contributed by atoms with E-state index in [2.05, 4.69) is 4.98 Å². The van der Waals surface area contributed by atoms with E-state index in [9.17, 15) is 10.1 Å². The van der Waals surface area contributed by atoms with E-state index in [-0.39, 0.29) is 23.4 Å². The fourth-order valence-corrected chi connectivity index (χ4v) is 1.89. The van der Waals surface area contributed by atoms with E-state index in [0.717, 1.165) is 17.5 Å². The summed E-state index contributed by atoms with van der Waals surface area (Å²) in [6.45, 7) is 3.78. The SMILES string of the molecule is CCc1ccc(Oc2cc([C@@H](C)N)ccn2)c([N+](=O)[O-])c1. The fourth-order valence-electron chi connectivity index (χ4n) is 1.89. The predicted octanol–water partition coefficient (Wildman–Crippen LogP) is 3.36. The third kappa shape index (κ3) is 3.55. The molecule has 1 aromatic carbocycles. The zero-order valence-corrected chi connectivity index (χ0v) is 11.9. The summed E-state index contributed by atoms with van der Waals surface area (Å²) in [5, 5.41) is 11.1. The Labute approximate surface area is 122 Å². The molecule has 1 atom stereocenters. The van der Waals surface area contributed by atoms with Crippen LogP contribution in [0.2, 0.25) is 0 Å². The number of hydrogen-bond acceptors (Lipinski definition) is 5. The first-order valence-corrected chi connectivity index (χ1v) is 6.68. The topological polar surface area (TPSA) is 91.3 Å². The molecule has 0 saturated carbocycles. The normalized spacial score (nSPS) is 12.0. The Bertz CT molecular complexity index is 656. The predicted molar refractivity (Wildman–Crippen MR) is 79.4 cm³/mol. The van der Waals surface area contributed by atoms with Crippen LogP contribution in [0.25, 0.3) is 0 Å². The van der Waals surface area contributed by atoms with Crippen LogP contribution in [0.3, 0.4) is 0 Å². The number of rotatable bonds is 5. The van der Waals surface area contributed by atoms with E-state index < -0.39 is 4.92 Å². The molecule has 6 heteroatoms. The standard InChI is InChI=1S/C15H17N3O3/c1-3-11-4-5-14(13(8-11)18(19)20)21-15-9-12(10(2)16)6-7-17-15/h4-10H,3,16H2,1-2H3/t10-/m1/s1. The first-order chi connectivity index (χ1) is 10.0. The lowest BCUT2D eigenvalue weighted by molar-refractivity contribution is -0.385. The number of pyridine rings is 1. The molecule has 2 N–H and O–H groups in total. The largest absolute Gasteiger partial charge is 0.432 e. The van der Waals surface area contributed by atoms with Crippen LogP contribution in [0.1, 0.15) is 31.0 Å². The van der Waals surface area contributed by atoms with Crippen molar-refractivity contribution in [1.29, 1.82) is 0 Å². The zero-order chi connectivity index (χ0) is 15.4. The lowest BCUT2D eigenvalue weighted by Crippen LogP contribution is -2.05. The number of nitro benzene ring substituents is 1. The van der Waals surface area contributed by atoms with Gasteiger partial charge in [-0.3, -0.25) is 10.1 Å². The highest BCUT2D eigenvalue weighted by molar-refractivity contribution is 5.50. The minimum Gasteiger partial charge on any atom is -0.432 e.